The van der Waals surface area contributed by atoms with Gasteiger partial charge in [0.25, 0.3) is 0 Å². The average molecular weight is 304 g/mol. The second kappa shape index (κ2) is 8.41. The summed E-state index contributed by atoms with van der Waals surface area (Å²) in [5.41, 5.74) is 0. The van der Waals surface area contributed by atoms with E-state index in [1.54, 1.807) is 20.0 Å². The van der Waals surface area contributed by atoms with E-state index in [1.165, 1.54) is 0 Å². The molecule has 116 valence electrons. The summed E-state index contributed by atoms with van der Waals surface area (Å²) in [7, 11) is -1.73. The highest BCUT2D eigenvalue weighted by Crippen LogP contribution is 2.19. The summed E-state index contributed by atoms with van der Waals surface area (Å²) in [6.07, 6.45) is 1.62. The molecule has 7 heteroatoms. The topological polar surface area (TPSA) is 80.6 Å². The van der Waals surface area contributed by atoms with Gasteiger partial charge in [0.1, 0.15) is 16.4 Å². The molecular formula is C13H24N2O4S. The van der Waals surface area contributed by atoms with E-state index < -0.39 is 10.0 Å². The lowest BCUT2D eigenvalue weighted by molar-refractivity contribution is 0.133. The molecule has 0 bridgehead atoms. The Balaban J connectivity index is 2.51. The van der Waals surface area contributed by atoms with Crippen LogP contribution in [0.3, 0.4) is 0 Å². The van der Waals surface area contributed by atoms with Crippen molar-refractivity contribution in [3.63, 3.8) is 0 Å². The molecule has 2 N–H and O–H groups in total. The smallest absolute Gasteiger partial charge is 0.244 e. The molecule has 0 aliphatic rings. The monoisotopic (exact) mass is 304 g/mol. The van der Waals surface area contributed by atoms with Crippen LogP contribution in [0.1, 0.15) is 31.3 Å². The van der Waals surface area contributed by atoms with Gasteiger partial charge in [0, 0.05) is 25.8 Å². The van der Waals surface area contributed by atoms with E-state index in [4.69, 9.17) is 9.15 Å². The van der Waals surface area contributed by atoms with Crippen molar-refractivity contribution in [1.82, 2.24) is 10.0 Å². The van der Waals surface area contributed by atoms with Crippen molar-refractivity contribution in [1.29, 1.82) is 0 Å². The standard InChI is InChI=1S/C13H24N2O4S/c1-4-7-18-8-5-6-15-20(16,17)13-9-12(10-14-3)19-11(13)2/h9,14-15H,4-8,10H2,1-3H3. The van der Waals surface area contributed by atoms with Gasteiger partial charge in [-0.25, -0.2) is 13.1 Å². The van der Waals surface area contributed by atoms with Crippen molar-refractivity contribution in [2.75, 3.05) is 26.8 Å². The minimum Gasteiger partial charge on any atom is -0.464 e. The van der Waals surface area contributed by atoms with Gasteiger partial charge in [-0.2, -0.15) is 0 Å². The van der Waals surface area contributed by atoms with Gasteiger partial charge in [-0.15, -0.1) is 0 Å². The highest BCUT2D eigenvalue weighted by atomic mass is 32.2. The summed E-state index contributed by atoms with van der Waals surface area (Å²) < 4.78 is 37.5. The lowest BCUT2D eigenvalue weighted by atomic mass is 10.4. The van der Waals surface area contributed by atoms with E-state index in [2.05, 4.69) is 10.0 Å². The number of aryl methyl sites for hydroxylation is 1. The van der Waals surface area contributed by atoms with E-state index in [0.29, 0.717) is 44.2 Å². The normalized spacial score (nSPS) is 11.9. The molecule has 6 nitrogen and oxygen atoms in total. The predicted molar refractivity (Wildman–Crippen MR) is 77.1 cm³/mol. The third kappa shape index (κ3) is 5.24. The van der Waals surface area contributed by atoms with Crippen LogP contribution in [0, 0.1) is 6.92 Å². The molecule has 0 aliphatic heterocycles. The molecule has 0 amide bonds. The average Bonchev–Trinajstić information content (AvgIpc) is 2.76. The van der Waals surface area contributed by atoms with Gasteiger partial charge in [-0.1, -0.05) is 6.92 Å². The van der Waals surface area contributed by atoms with Crippen LogP contribution in [0.25, 0.3) is 0 Å². The summed E-state index contributed by atoms with van der Waals surface area (Å²) in [6.45, 7) is 5.82. The molecule has 1 aromatic rings. The quantitative estimate of drug-likeness (QED) is 0.639. The second-order valence-corrected chi connectivity index (χ2v) is 6.26. The Morgan fingerprint density at radius 1 is 1.35 bits per heavy atom. The van der Waals surface area contributed by atoms with Gasteiger partial charge in [-0.05, 0) is 26.8 Å². The first-order valence-electron chi connectivity index (χ1n) is 6.82. The summed E-state index contributed by atoms with van der Waals surface area (Å²) in [5, 5.41) is 2.92. The van der Waals surface area contributed by atoms with E-state index >= 15 is 0 Å². The van der Waals surface area contributed by atoms with Gasteiger partial charge in [0.15, 0.2) is 0 Å². The number of furan rings is 1. The lowest BCUT2D eigenvalue weighted by Crippen LogP contribution is -2.25. The molecule has 0 aliphatic carbocycles. The largest absolute Gasteiger partial charge is 0.464 e. The van der Waals surface area contributed by atoms with Crippen LogP contribution in [-0.2, 0) is 21.3 Å². The first-order chi connectivity index (χ1) is 9.51. The third-order valence-corrected chi connectivity index (χ3v) is 4.24. The van der Waals surface area contributed by atoms with Gasteiger partial charge in [0.2, 0.25) is 10.0 Å². The fourth-order valence-corrected chi connectivity index (χ4v) is 3.03. The number of sulfonamides is 1. The molecule has 0 unspecified atom stereocenters. The Hall–Kier alpha value is -0.890. The number of hydrogen-bond acceptors (Lipinski definition) is 5. The highest BCUT2D eigenvalue weighted by Gasteiger charge is 2.20. The maximum absolute atomic E-state index is 12.1. The van der Waals surface area contributed by atoms with E-state index in [1.807, 2.05) is 6.92 Å². The van der Waals surface area contributed by atoms with E-state index in [0.717, 1.165) is 6.42 Å². The van der Waals surface area contributed by atoms with Crippen LogP contribution in [0.4, 0.5) is 0 Å². The zero-order valence-corrected chi connectivity index (χ0v) is 13.2. The van der Waals surface area contributed by atoms with Gasteiger partial charge in [-0.3, -0.25) is 0 Å². The molecule has 0 spiro atoms. The lowest BCUT2D eigenvalue weighted by Gasteiger charge is -2.06. The minimum absolute atomic E-state index is 0.206. The molecule has 0 saturated carbocycles. The third-order valence-electron chi connectivity index (χ3n) is 2.67. The number of ether oxygens (including phenoxy) is 1. The maximum Gasteiger partial charge on any atom is 0.244 e. The Kier molecular flexibility index (Phi) is 7.22. The molecule has 1 rings (SSSR count). The van der Waals surface area contributed by atoms with Crippen LogP contribution in [0.5, 0.6) is 0 Å². The molecule has 1 heterocycles. The van der Waals surface area contributed by atoms with Crippen molar-refractivity contribution in [2.45, 2.75) is 38.1 Å². The van der Waals surface area contributed by atoms with E-state index in [9.17, 15) is 8.42 Å². The van der Waals surface area contributed by atoms with Crippen LogP contribution < -0.4 is 10.0 Å². The highest BCUT2D eigenvalue weighted by molar-refractivity contribution is 7.89. The fraction of sp³-hybridized carbons (Fsp3) is 0.692. The van der Waals surface area contributed by atoms with Crippen LogP contribution in [0.2, 0.25) is 0 Å². The molecule has 0 fully saturated rings. The zero-order valence-electron chi connectivity index (χ0n) is 12.4. The Morgan fingerprint density at radius 3 is 2.75 bits per heavy atom. The molecule has 0 aromatic carbocycles. The number of rotatable bonds is 10. The molecule has 20 heavy (non-hydrogen) atoms. The van der Waals surface area contributed by atoms with Gasteiger partial charge >= 0.3 is 0 Å². The van der Waals surface area contributed by atoms with Crippen molar-refractivity contribution in [2.24, 2.45) is 0 Å². The molecule has 0 radical (unpaired) electrons. The first-order valence-corrected chi connectivity index (χ1v) is 8.31. The SMILES string of the molecule is CCCOCCCNS(=O)(=O)c1cc(CNC)oc1C. The number of hydrogen-bond donors (Lipinski definition) is 2. The van der Waals surface area contributed by atoms with Crippen LogP contribution in [0.15, 0.2) is 15.4 Å². The zero-order chi connectivity index (χ0) is 15.0. The molecular weight excluding hydrogens is 280 g/mol. The summed E-state index contributed by atoms with van der Waals surface area (Å²) in [5.74, 6) is 1.02. The second-order valence-electron chi connectivity index (χ2n) is 4.53. The Bertz CT molecular complexity index is 496. The first kappa shape index (κ1) is 17.2. The Labute approximate surface area is 120 Å². The summed E-state index contributed by atoms with van der Waals surface area (Å²) >= 11 is 0. The maximum atomic E-state index is 12.1. The number of nitrogens with one attached hydrogen (secondary N) is 2. The molecule has 1 aromatic heterocycles. The Morgan fingerprint density at radius 2 is 2.10 bits per heavy atom. The predicted octanol–water partition coefficient (Wildman–Crippen LogP) is 1.40. The summed E-state index contributed by atoms with van der Waals surface area (Å²) in [4.78, 5) is 0.206. The fourth-order valence-electron chi connectivity index (χ4n) is 1.76. The van der Waals surface area contributed by atoms with Crippen molar-refractivity contribution >= 4 is 10.0 Å². The van der Waals surface area contributed by atoms with E-state index in [-0.39, 0.29) is 4.90 Å². The van der Waals surface area contributed by atoms with Gasteiger partial charge < -0.3 is 14.5 Å². The van der Waals surface area contributed by atoms with Crippen molar-refractivity contribution in [3.05, 3.63) is 17.6 Å². The van der Waals surface area contributed by atoms with Gasteiger partial charge in [0.05, 0.1) is 6.54 Å². The van der Waals surface area contributed by atoms with Crippen LogP contribution in [-0.4, -0.2) is 35.2 Å². The van der Waals surface area contributed by atoms with Crippen molar-refractivity contribution in [3.8, 4) is 0 Å². The van der Waals surface area contributed by atoms with Crippen molar-refractivity contribution < 1.29 is 17.6 Å². The molecule has 0 atom stereocenters. The minimum atomic E-state index is -3.51. The molecule has 0 saturated heterocycles. The van der Waals surface area contributed by atoms with Crippen LogP contribution >= 0.6 is 0 Å². The summed E-state index contributed by atoms with van der Waals surface area (Å²) in [6, 6.07) is 1.56.